The number of hydrogen-bond donors (Lipinski definition) is 0. The third-order valence-electron chi connectivity index (χ3n) is 4.07. The molecule has 136 valence electrons. The molecule has 6 heteroatoms. The van der Waals surface area contributed by atoms with Crippen molar-refractivity contribution in [1.29, 1.82) is 0 Å². The fourth-order valence-corrected chi connectivity index (χ4v) is 3.57. The smallest absolute Gasteiger partial charge is 0.268 e. The molecule has 0 aliphatic carbocycles. The summed E-state index contributed by atoms with van der Waals surface area (Å²) < 4.78 is 5.88. The van der Waals surface area contributed by atoms with E-state index in [1.165, 1.54) is 4.90 Å². The van der Waals surface area contributed by atoms with Gasteiger partial charge in [0.1, 0.15) is 5.69 Å². The maximum Gasteiger partial charge on any atom is 0.268 e. The molecule has 4 aromatic rings. The molecule has 0 unspecified atom stereocenters. The first-order chi connectivity index (χ1) is 13.3. The SMILES string of the molecule is CCSc1ccccc1-c1cnc(C)c(-c2nnc(-c3ccccc3)o2)n1.[HH]. The molecule has 2 heterocycles. The van der Waals surface area contributed by atoms with E-state index in [1.54, 1.807) is 18.0 Å². The number of aryl methyl sites for hydroxylation is 1. The van der Waals surface area contributed by atoms with E-state index in [-0.39, 0.29) is 1.43 Å². The highest BCUT2D eigenvalue weighted by atomic mass is 32.2. The number of nitrogens with zero attached hydrogens (tertiary/aromatic N) is 4. The molecule has 2 aromatic carbocycles. The summed E-state index contributed by atoms with van der Waals surface area (Å²) in [6.07, 6.45) is 1.79. The molecule has 0 bridgehead atoms. The van der Waals surface area contributed by atoms with Crippen molar-refractivity contribution in [3.05, 3.63) is 66.5 Å². The van der Waals surface area contributed by atoms with Crippen LogP contribution < -0.4 is 0 Å². The van der Waals surface area contributed by atoms with Gasteiger partial charge in [0.25, 0.3) is 5.89 Å². The summed E-state index contributed by atoms with van der Waals surface area (Å²) in [5.74, 6) is 1.84. The molecule has 0 atom stereocenters. The lowest BCUT2D eigenvalue weighted by Crippen LogP contribution is -1.96. The van der Waals surface area contributed by atoms with Crippen molar-refractivity contribution in [2.24, 2.45) is 0 Å². The first-order valence-corrected chi connectivity index (χ1v) is 9.70. The van der Waals surface area contributed by atoms with Gasteiger partial charge in [0.05, 0.1) is 17.6 Å². The highest BCUT2D eigenvalue weighted by Gasteiger charge is 2.17. The zero-order chi connectivity index (χ0) is 18.6. The van der Waals surface area contributed by atoms with Crippen LogP contribution >= 0.6 is 11.8 Å². The summed E-state index contributed by atoms with van der Waals surface area (Å²) >= 11 is 1.78. The highest BCUT2D eigenvalue weighted by molar-refractivity contribution is 7.99. The van der Waals surface area contributed by atoms with E-state index in [0.717, 1.165) is 28.3 Å². The van der Waals surface area contributed by atoms with Crippen LogP contribution in [0.15, 0.2) is 70.1 Å². The number of hydrogen-bond acceptors (Lipinski definition) is 6. The molecule has 0 spiro atoms. The summed E-state index contributed by atoms with van der Waals surface area (Å²) in [5.41, 5.74) is 4.09. The van der Waals surface area contributed by atoms with E-state index in [1.807, 2.05) is 49.4 Å². The van der Waals surface area contributed by atoms with Crippen LogP contribution in [0.1, 0.15) is 14.0 Å². The lowest BCUT2D eigenvalue weighted by Gasteiger charge is -2.09. The molecule has 0 saturated carbocycles. The van der Waals surface area contributed by atoms with E-state index < -0.39 is 0 Å². The Kier molecular flexibility index (Phi) is 4.98. The van der Waals surface area contributed by atoms with Gasteiger partial charge in [0.2, 0.25) is 5.89 Å². The Morgan fingerprint density at radius 2 is 1.70 bits per heavy atom. The fraction of sp³-hybridized carbons (Fsp3) is 0.143. The van der Waals surface area contributed by atoms with Gasteiger partial charge in [-0.1, -0.05) is 43.3 Å². The normalized spacial score (nSPS) is 10.9. The molecule has 0 radical (unpaired) electrons. The first-order valence-electron chi connectivity index (χ1n) is 8.71. The van der Waals surface area contributed by atoms with Crippen molar-refractivity contribution in [3.8, 4) is 34.3 Å². The monoisotopic (exact) mass is 376 g/mol. The second kappa shape index (κ2) is 7.72. The van der Waals surface area contributed by atoms with Gasteiger partial charge in [0, 0.05) is 17.4 Å². The molecule has 0 N–H and O–H groups in total. The predicted octanol–water partition coefficient (Wildman–Crippen LogP) is 5.53. The second-order valence-corrected chi connectivity index (χ2v) is 7.20. The number of thioether (sulfide) groups is 1. The summed E-state index contributed by atoms with van der Waals surface area (Å²) in [6, 6.07) is 17.9. The van der Waals surface area contributed by atoms with Crippen molar-refractivity contribution in [2.45, 2.75) is 18.7 Å². The molecule has 0 aliphatic heterocycles. The Bertz CT molecular complexity index is 1070. The van der Waals surface area contributed by atoms with E-state index in [2.05, 4.69) is 34.2 Å². The fourth-order valence-electron chi connectivity index (χ4n) is 2.76. The van der Waals surface area contributed by atoms with Crippen LogP contribution in [0.4, 0.5) is 0 Å². The molecule has 4 rings (SSSR count). The van der Waals surface area contributed by atoms with Gasteiger partial charge in [-0.25, -0.2) is 4.98 Å². The van der Waals surface area contributed by atoms with E-state index in [0.29, 0.717) is 17.5 Å². The van der Waals surface area contributed by atoms with Crippen LogP contribution in [0.3, 0.4) is 0 Å². The molecule has 0 fully saturated rings. The summed E-state index contributed by atoms with van der Waals surface area (Å²) in [5, 5.41) is 8.36. The molecule has 5 nitrogen and oxygen atoms in total. The van der Waals surface area contributed by atoms with Gasteiger partial charge in [-0.15, -0.1) is 22.0 Å². The minimum Gasteiger partial charge on any atom is -0.415 e. The van der Waals surface area contributed by atoms with Crippen LogP contribution in [0.25, 0.3) is 34.3 Å². The molecular weight excluding hydrogens is 356 g/mol. The third kappa shape index (κ3) is 3.61. The summed E-state index contributed by atoms with van der Waals surface area (Å²) in [6.45, 7) is 4.03. The van der Waals surface area contributed by atoms with Gasteiger partial charge in [-0.2, -0.15) is 0 Å². The van der Waals surface area contributed by atoms with Crippen LogP contribution in [-0.4, -0.2) is 25.9 Å². The largest absolute Gasteiger partial charge is 0.415 e. The van der Waals surface area contributed by atoms with Crippen molar-refractivity contribution in [3.63, 3.8) is 0 Å². The Labute approximate surface area is 163 Å². The third-order valence-corrected chi connectivity index (χ3v) is 5.02. The Morgan fingerprint density at radius 3 is 2.52 bits per heavy atom. The van der Waals surface area contributed by atoms with Crippen molar-refractivity contribution in [1.82, 2.24) is 20.2 Å². The van der Waals surface area contributed by atoms with Gasteiger partial charge in [-0.3, -0.25) is 4.98 Å². The van der Waals surface area contributed by atoms with E-state index in [9.17, 15) is 0 Å². The van der Waals surface area contributed by atoms with Gasteiger partial charge < -0.3 is 4.42 Å². The van der Waals surface area contributed by atoms with Crippen LogP contribution in [-0.2, 0) is 0 Å². The topological polar surface area (TPSA) is 64.7 Å². The minimum atomic E-state index is 0. The summed E-state index contributed by atoms with van der Waals surface area (Å²) in [7, 11) is 0. The Balaban J connectivity index is 0.00000225. The maximum absolute atomic E-state index is 5.88. The van der Waals surface area contributed by atoms with Crippen molar-refractivity contribution >= 4 is 11.8 Å². The van der Waals surface area contributed by atoms with E-state index >= 15 is 0 Å². The summed E-state index contributed by atoms with van der Waals surface area (Å²) in [4.78, 5) is 10.5. The van der Waals surface area contributed by atoms with E-state index in [4.69, 9.17) is 9.40 Å². The van der Waals surface area contributed by atoms with Crippen LogP contribution in [0.5, 0.6) is 0 Å². The van der Waals surface area contributed by atoms with Crippen molar-refractivity contribution < 1.29 is 5.84 Å². The standard InChI is InChI=1S/C21H18N4OS.H2/c1-3-27-18-12-8-7-11-16(18)17-13-22-14(2)19(23-17)21-25-24-20(26-21)15-9-5-4-6-10-15;/h4-13H,3H2,1-2H3;1H. The van der Waals surface area contributed by atoms with Crippen LogP contribution in [0.2, 0.25) is 0 Å². The second-order valence-electron chi connectivity index (χ2n) is 5.90. The lowest BCUT2D eigenvalue weighted by molar-refractivity contribution is 0.581. The Hall–Kier alpha value is -2.99. The van der Waals surface area contributed by atoms with Crippen molar-refractivity contribution in [2.75, 3.05) is 5.75 Å². The average molecular weight is 376 g/mol. The molecule has 0 amide bonds. The number of benzene rings is 2. The van der Waals surface area contributed by atoms with Gasteiger partial charge >= 0.3 is 0 Å². The number of rotatable bonds is 5. The minimum absolute atomic E-state index is 0. The van der Waals surface area contributed by atoms with Gasteiger partial charge in [0.15, 0.2) is 0 Å². The number of aromatic nitrogens is 4. The maximum atomic E-state index is 5.88. The van der Waals surface area contributed by atoms with Crippen LogP contribution in [0, 0.1) is 6.92 Å². The zero-order valence-electron chi connectivity index (χ0n) is 15.1. The average Bonchev–Trinajstić information content (AvgIpc) is 3.20. The highest BCUT2D eigenvalue weighted by Crippen LogP contribution is 2.32. The predicted molar refractivity (Wildman–Crippen MR) is 109 cm³/mol. The van der Waals surface area contributed by atoms with Gasteiger partial charge in [-0.05, 0) is 30.9 Å². The molecule has 0 saturated heterocycles. The molecular formula is C21H20N4OS. The first kappa shape index (κ1) is 17.4. The lowest BCUT2D eigenvalue weighted by atomic mass is 10.1. The molecule has 0 aliphatic rings. The quantitative estimate of drug-likeness (QED) is 0.427. The molecule has 27 heavy (non-hydrogen) atoms. The Morgan fingerprint density at radius 1 is 0.963 bits per heavy atom. The molecule has 2 aromatic heterocycles. The zero-order valence-corrected chi connectivity index (χ0v) is 15.9.